The van der Waals surface area contributed by atoms with Crippen molar-refractivity contribution in [3.63, 3.8) is 0 Å². The van der Waals surface area contributed by atoms with E-state index in [0.717, 1.165) is 5.56 Å². The highest BCUT2D eigenvalue weighted by Gasteiger charge is 2.53. The first-order valence-corrected chi connectivity index (χ1v) is 7.59. The zero-order valence-corrected chi connectivity index (χ0v) is 13.4. The van der Waals surface area contributed by atoms with Gasteiger partial charge in [0.2, 0.25) is 17.8 Å². The molecule has 1 aliphatic rings. The van der Waals surface area contributed by atoms with E-state index >= 15 is 0 Å². The van der Waals surface area contributed by atoms with Crippen molar-refractivity contribution in [2.45, 2.75) is 26.3 Å². The standard InChI is InChI=1S/C17H17N3O4/c1-10-3-5-13(7-11(10)2)24-16-6-4-12(9-18-16)19-17(21)14-8-15(14)20(22)23/h3-7,9,14-15H,8H2,1-2H3,(H,19,21)/t14-,15-/m0/s1. The van der Waals surface area contributed by atoms with Crippen molar-refractivity contribution in [1.82, 2.24) is 4.98 Å². The number of nitrogens with zero attached hydrogens (tertiary/aromatic N) is 2. The summed E-state index contributed by atoms with van der Waals surface area (Å²) in [5.74, 6) is 0.202. The van der Waals surface area contributed by atoms with Gasteiger partial charge in [-0.2, -0.15) is 0 Å². The molecular formula is C17H17N3O4. The summed E-state index contributed by atoms with van der Waals surface area (Å²) in [5.41, 5.74) is 2.80. The number of amides is 1. The van der Waals surface area contributed by atoms with Crippen LogP contribution in [0.1, 0.15) is 17.5 Å². The Bertz CT molecular complexity index is 789. The topological polar surface area (TPSA) is 94.4 Å². The Morgan fingerprint density at radius 3 is 2.67 bits per heavy atom. The number of rotatable bonds is 5. The summed E-state index contributed by atoms with van der Waals surface area (Å²) in [6, 6.07) is 8.31. The molecule has 2 aromatic rings. The van der Waals surface area contributed by atoms with Crippen LogP contribution in [0.15, 0.2) is 36.5 Å². The van der Waals surface area contributed by atoms with Gasteiger partial charge in [-0.25, -0.2) is 4.98 Å². The van der Waals surface area contributed by atoms with E-state index in [1.54, 1.807) is 12.1 Å². The van der Waals surface area contributed by atoms with Crippen molar-refractivity contribution in [2.24, 2.45) is 5.92 Å². The maximum absolute atomic E-state index is 11.9. The van der Waals surface area contributed by atoms with E-state index < -0.39 is 16.9 Å². The summed E-state index contributed by atoms with van der Waals surface area (Å²) in [5, 5.41) is 13.2. The molecule has 1 heterocycles. The van der Waals surface area contributed by atoms with Crippen LogP contribution in [-0.4, -0.2) is 21.9 Å². The first-order chi connectivity index (χ1) is 11.4. The third-order valence-corrected chi connectivity index (χ3v) is 4.07. The Balaban J connectivity index is 1.60. The predicted octanol–water partition coefficient (Wildman–Crippen LogP) is 3.09. The molecule has 0 aliphatic heterocycles. The number of hydrogen-bond acceptors (Lipinski definition) is 5. The van der Waals surface area contributed by atoms with Gasteiger partial charge in [0, 0.05) is 17.4 Å². The molecule has 2 atom stereocenters. The maximum atomic E-state index is 11.9. The second kappa shape index (κ2) is 6.27. The van der Waals surface area contributed by atoms with Gasteiger partial charge in [-0.05, 0) is 43.2 Å². The van der Waals surface area contributed by atoms with Gasteiger partial charge in [-0.15, -0.1) is 0 Å². The molecule has 1 aromatic carbocycles. The zero-order valence-electron chi connectivity index (χ0n) is 13.4. The first-order valence-electron chi connectivity index (χ1n) is 7.59. The van der Waals surface area contributed by atoms with E-state index in [1.807, 2.05) is 32.0 Å². The van der Waals surface area contributed by atoms with E-state index in [9.17, 15) is 14.9 Å². The smallest absolute Gasteiger partial charge is 0.234 e. The van der Waals surface area contributed by atoms with Gasteiger partial charge in [0.05, 0.1) is 11.9 Å². The number of ether oxygens (including phenoxy) is 1. The highest BCUT2D eigenvalue weighted by molar-refractivity contribution is 5.94. The first kappa shape index (κ1) is 15.9. The summed E-state index contributed by atoms with van der Waals surface area (Å²) in [6.45, 7) is 4.03. The van der Waals surface area contributed by atoms with Gasteiger partial charge >= 0.3 is 0 Å². The lowest BCUT2D eigenvalue weighted by atomic mass is 10.1. The number of aromatic nitrogens is 1. The molecule has 24 heavy (non-hydrogen) atoms. The summed E-state index contributed by atoms with van der Waals surface area (Å²) < 4.78 is 5.67. The van der Waals surface area contributed by atoms with Crippen molar-refractivity contribution >= 4 is 11.6 Å². The summed E-state index contributed by atoms with van der Waals surface area (Å²) in [6.07, 6.45) is 1.76. The van der Waals surface area contributed by atoms with Crippen LogP contribution in [0.5, 0.6) is 11.6 Å². The van der Waals surface area contributed by atoms with Crippen molar-refractivity contribution in [3.8, 4) is 11.6 Å². The van der Waals surface area contributed by atoms with E-state index in [2.05, 4.69) is 10.3 Å². The van der Waals surface area contributed by atoms with Crippen LogP contribution in [-0.2, 0) is 4.79 Å². The summed E-state index contributed by atoms with van der Waals surface area (Å²) >= 11 is 0. The van der Waals surface area contributed by atoms with Gasteiger partial charge in [0.25, 0.3) is 0 Å². The van der Waals surface area contributed by atoms with Crippen LogP contribution in [0.3, 0.4) is 0 Å². The number of pyridine rings is 1. The Hall–Kier alpha value is -2.96. The fraction of sp³-hybridized carbons (Fsp3) is 0.294. The Kier molecular flexibility index (Phi) is 4.16. The maximum Gasteiger partial charge on any atom is 0.234 e. The highest BCUT2D eigenvalue weighted by atomic mass is 16.6. The lowest BCUT2D eigenvalue weighted by molar-refractivity contribution is -0.497. The average Bonchev–Trinajstić information content (AvgIpc) is 3.34. The summed E-state index contributed by atoms with van der Waals surface area (Å²) in [4.78, 5) is 26.2. The quantitative estimate of drug-likeness (QED) is 0.672. The molecule has 1 fully saturated rings. The number of benzene rings is 1. The van der Waals surface area contributed by atoms with E-state index in [1.165, 1.54) is 11.8 Å². The molecule has 0 radical (unpaired) electrons. The molecule has 1 N–H and O–H groups in total. The Labute approximate surface area is 138 Å². The molecule has 0 bridgehead atoms. The van der Waals surface area contributed by atoms with Crippen molar-refractivity contribution in [2.75, 3.05) is 5.32 Å². The van der Waals surface area contributed by atoms with Crippen LogP contribution in [0.2, 0.25) is 0 Å². The molecule has 7 heteroatoms. The molecule has 1 amide bonds. The predicted molar refractivity (Wildman–Crippen MR) is 87.7 cm³/mol. The number of carbonyl (C=O) groups excluding carboxylic acids is 1. The van der Waals surface area contributed by atoms with Crippen molar-refractivity contribution in [1.29, 1.82) is 0 Å². The number of nitrogens with one attached hydrogen (secondary N) is 1. The largest absolute Gasteiger partial charge is 0.439 e. The van der Waals surface area contributed by atoms with E-state index in [-0.39, 0.29) is 5.91 Å². The SMILES string of the molecule is Cc1ccc(Oc2ccc(NC(=O)[C@H]3C[C@@H]3[N+](=O)[O-])cn2)cc1C. The molecule has 0 saturated heterocycles. The minimum absolute atomic E-state index is 0.292. The van der Waals surface area contributed by atoms with Crippen molar-refractivity contribution in [3.05, 3.63) is 57.8 Å². The second-order valence-corrected chi connectivity index (χ2v) is 5.92. The number of aryl methyl sites for hydroxylation is 2. The zero-order chi connectivity index (χ0) is 17.3. The van der Waals surface area contributed by atoms with E-state index in [4.69, 9.17) is 4.74 Å². The number of carbonyl (C=O) groups is 1. The number of nitro groups is 1. The fourth-order valence-corrected chi connectivity index (χ4v) is 2.34. The van der Waals surface area contributed by atoms with Crippen LogP contribution >= 0.6 is 0 Å². The molecule has 3 rings (SSSR count). The molecule has 1 saturated carbocycles. The number of anilines is 1. The van der Waals surface area contributed by atoms with Gasteiger partial charge < -0.3 is 10.1 Å². The lowest BCUT2D eigenvalue weighted by Gasteiger charge is -2.08. The molecule has 1 aromatic heterocycles. The van der Waals surface area contributed by atoms with E-state index in [0.29, 0.717) is 23.7 Å². The highest BCUT2D eigenvalue weighted by Crippen LogP contribution is 2.34. The monoisotopic (exact) mass is 327 g/mol. The van der Waals surface area contributed by atoms with Gasteiger partial charge in [0.15, 0.2) is 0 Å². The van der Waals surface area contributed by atoms with Crippen LogP contribution in [0, 0.1) is 29.9 Å². The molecule has 0 unspecified atom stereocenters. The molecule has 1 aliphatic carbocycles. The summed E-state index contributed by atoms with van der Waals surface area (Å²) in [7, 11) is 0. The third kappa shape index (κ3) is 3.51. The lowest BCUT2D eigenvalue weighted by Crippen LogP contribution is -2.18. The van der Waals surface area contributed by atoms with Gasteiger partial charge in [-0.1, -0.05) is 6.07 Å². The normalized spacial score (nSPS) is 18.8. The Morgan fingerprint density at radius 2 is 2.08 bits per heavy atom. The van der Waals surface area contributed by atoms with Crippen LogP contribution < -0.4 is 10.1 Å². The van der Waals surface area contributed by atoms with Gasteiger partial charge in [0.1, 0.15) is 11.7 Å². The minimum atomic E-state index is -0.759. The molecule has 7 nitrogen and oxygen atoms in total. The average molecular weight is 327 g/mol. The number of hydrogen-bond donors (Lipinski definition) is 1. The van der Waals surface area contributed by atoms with Crippen molar-refractivity contribution < 1.29 is 14.5 Å². The van der Waals surface area contributed by atoms with Crippen LogP contribution in [0.25, 0.3) is 0 Å². The molecule has 124 valence electrons. The Morgan fingerprint density at radius 1 is 1.29 bits per heavy atom. The molecular weight excluding hydrogens is 310 g/mol. The fourth-order valence-electron chi connectivity index (χ4n) is 2.34. The van der Waals surface area contributed by atoms with Crippen LogP contribution in [0.4, 0.5) is 5.69 Å². The second-order valence-electron chi connectivity index (χ2n) is 5.92. The molecule has 0 spiro atoms. The third-order valence-electron chi connectivity index (χ3n) is 4.07. The van der Waals surface area contributed by atoms with Gasteiger partial charge in [-0.3, -0.25) is 14.9 Å². The minimum Gasteiger partial charge on any atom is -0.439 e.